The number of hydrogen-bond acceptors (Lipinski definition) is 6. The van der Waals surface area contributed by atoms with Gasteiger partial charge in [-0.15, -0.1) is 0 Å². The van der Waals surface area contributed by atoms with E-state index in [0.29, 0.717) is 19.3 Å². The second-order valence-electron chi connectivity index (χ2n) is 19.1. The topological polar surface area (TPSA) is 78.9 Å². The van der Waals surface area contributed by atoms with E-state index < -0.39 is 12.1 Å². The molecule has 0 aliphatic heterocycles. The lowest BCUT2D eigenvalue weighted by Gasteiger charge is -2.18. The van der Waals surface area contributed by atoms with E-state index in [0.717, 1.165) is 96.3 Å². The zero-order valence-electron chi connectivity index (χ0n) is 47.1. The Morgan fingerprint density at radius 3 is 0.890 bits per heavy atom. The highest BCUT2D eigenvalue weighted by atomic mass is 16.6. The van der Waals surface area contributed by atoms with Crippen LogP contribution in [0, 0.1) is 0 Å². The molecule has 0 fully saturated rings. The maximum absolute atomic E-state index is 12.8. The van der Waals surface area contributed by atoms with Crippen molar-refractivity contribution in [3.63, 3.8) is 0 Å². The first-order chi connectivity index (χ1) is 36.0. The lowest BCUT2D eigenvalue weighted by Crippen LogP contribution is -2.30. The fraction of sp³-hybridized carbons (Fsp3) is 0.627. The molecule has 0 aliphatic carbocycles. The Labute approximate surface area is 449 Å². The molecule has 73 heavy (non-hydrogen) atoms. The number of carbonyl (C=O) groups excluding carboxylic acids is 3. The van der Waals surface area contributed by atoms with Crippen molar-refractivity contribution < 1.29 is 28.6 Å². The summed E-state index contributed by atoms with van der Waals surface area (Å²) in [4.78, 5) is 38.2. The molecule has 6 heteroatoms. The minimum absolute atomic E-state index is 0.128. The Kier molecular flexibility index (Phi) is 56.4. The van der Waals surface area contributed by atoms with Crippen LogP contribution in [0.25, 0.3) is 0 Å². The van der Waals surface area contributed by atoms with Crippen molar-refractivity contribution in [1.29, 1.82) is 0 Å². The van der Waals surface area contributed by atoms with Crippen molar-refractivity contribution in [2.75, 3.05) is 13.2 Å². The average molecular weight is 1010 g/mol. The normalized spacial score (nSPS) is 13.1. The summed E-state index contributed by atoms with van der Waals surface area (Å²) in [5, 5.41) is 0. The highest BCUT2D eigenvalue weighted by Gasteiger charge is 2.19. The maximum atomic E-state index is 12.8. The smallest absolute Gasteiger partial charge is 0.306 e. The SMILES string of the molecule is CC/C=C\C/C=C\C/C=C\C/C=C\C/C=C\C/C=C\CCC(=O)O[C@H](COC(=O)CCC/C=C\C/C=C\C/C=C\C/C=C\C/C=C\CC)COC(=O)CCCCCCCCCCCCCCCCCCCCC. The average Bonchev–Trinajstić information content (AvgIpc) is 3.39. The lowest BCUT2D eigenvalue weighted by atomic mass is 10.0. The summed E-state index contributed by atoms with van der Waals surface area (Å²) in [6, 6.07) is 0. The first-order valence-electron chi connectivity index (χ1n) is 29.7. The van der Waals surface area contributed by atoms with Crippen LogP contribution in [-0.2, 0) is 28.6 Å². The highest BCUT2D eigenvalue weighted by Crippen LogP contribution is 2.15. The summed E-state index contributed by atoms with van der Waals surface area (Å²) in [6.07, 6.45) is 84.7. The van der Waals surface area contributed by atoms with Crippen LogP contribution in [0.4, 0.5) is 0 Å². The van der Waals surface area contributed by atoms with Crippen LogP contribution in [0.3, 0.4) is 0 Å². The van der Waals surface area contributed by atoms with Gasteiger partial charge in [-0.3, -0.25) is 14.4 Å². The second kappa shape index (κ2) is 60.1. The predicted octanol–water partition coefficient (Wildman–Crippen LogP) is 20.2. The summed E-state index contributed by atoms with van der Waals surface area (Å²) < 4.78 is 16.8. The van der Waals surface area contributed by atoms with Crippen LogP contribution < -0.4 is 0 Å². The van der Waals surface area contributed by atoms with Gasteiger partial charge < -0.3 is 14.2 Å². The molecular weight excluding hydrogens is 901 g/mol. The predicted molar refractivity (Wildman–Crippen MR) is 316 cm³/mol. The van der Waals surface area contributed by atoms with E-state index in [1.54, 1.807) is 0 Å². The van der Waals surface area contributed by atoms with Crippen molar-refractivity contribution in [2.45, 2.75) is 258 Å². The number of allylic oxidation sites excluding steroid dienone is 22. The van der Waals surface area contributed by atoms with Crippen molar-refractivity contribution in [1.82, 2.24) is 0 Å². The monoisotopic (exact) mass is 1010 g/mol. The van der Waals surface area contributed by atoms with Crippen LogP contribution in [0.2, 0.25) is 0 Å². The highest BCUT2D eigenvalue weighted by molar-refractivity contribution is 5.71. The van der Waals surface area contributed by atoms with Gasteiger partial charge in [0.05, 0.1) is 0 Å². The van der Waals surface area contributed by atoms with E-state index in [-0.39, 0.29) is 38.0 Å². The Balaban J connectivity index is 4.57. The van der Waals surface area contributed by atoms with E-state index in [4.69, 9.17) is 14.2 Å². The van der Waals surface area contributed by atoms with Crippen LogP contribution in [0.1, 0.15) is 252 Å². The first kappa shape index (κ1) is 68.6. The summed E-state index contributed by atoms with van der Waals surface area (Å²) in [5.74, 6) is -1.07. The van der Waals surface area contributed by atoms with Crippen LogP contribution in [-0.4, -0.2) is 37.2 Å². The molecule has 0 unspecified atom stereocenters. The fourth-order valence-corrected chi connectivity index (χ4v) is 7.80. The molecule has 0 amide bonds. The Morgan fingerprint density at radius 1 is 0.288 bits per heavy atom. The summed E-state index contributed by atoms with van der Waals surface area (Å²) in [7, 11) is 0. The molecule has 0 aromatic rings. The second-order valence-corrected chi connectivity index (χ2v) is 19.1. The molecule has 0 aromatic heterocycles. The van der Waals surface area contributed by atoms with Gasteiger partial charge in [0.15, 0.2) is 6.10 Å². The van der Waals surface area contributed by atoms with Gasteiger partial charge in [0.25, 0.3) is 0 Å². The van der Waals surface area contributed by atoms with Gasteiger partial charge in [-0.1, -0.05) is 270 Å². The van der Waals surface area contributed by atoms with Gasteiger partial charge in [-0.05, 0) is 96.3 Å². The van der Waals surface area contributed by atoms with Gasteiger partial charge in [-0.25, -0.2) is 0 Å². The van der Waals surface area contributed by atoms with Gasteiger partial charge >= 0.3 is 17.9 Å². The van der Waals surface area contributed by atoms with Crippen LogP contribution in [0.5, 0.6) is 0 Å². The minimum atomic E-state index is -0.846. The molecule has 0 aromatic carbocycles. The first-order valence-corrected chi connectivity index (χ1v) is 29.7. The van der Waals surface area contributed by atoms with E-state index in [1.165, 1.54) is 103 Å². The van der Waals surface area contributed by atoms with Crippen LogP contribution >= 0.6 is 0 Å². The minimum Gasteiger partial charge on any atom is -0.462 e. The molecule has 412 valence electrons. The number of esters is 3. The number of ether oxygens (including phenoxy) is 3. The van der Waals surface area contributed by atoms with Crippen molar-refractivity contribution in [3.05, 3.63) is 134 Å². The molecule has 0 heterocycles. The van der Waals surface area contributed by atoms with Gasteiger partial charge in [0.2, 0.25) is 0 Å². The summed E-state index contributed by atoms with van der Waals surface area (Å²) in [6.45, 7) is 6.31. The standard InChI is InChI=1S/C67H108O6/c1-4-7-10-13-16-19-22-25-28-31-33-36-39-42-45-48-51-54-57-60-66(69)72-63-64(62-71-65(68)59-56-53-50-47-44-41-38-35-30-27-24-21-18-15-12-9-6-3)73-67(70)61-58-55-52-49-46-43-40-37-34-32-29-26-23-20-17-14-11-8-5-2/h8-9,11-12,17-18,20-21,26-27,29-30,34,37-38,41,43,46-47,50,52,55,64H,4-7,10,13-16,19,22-25,28,31-33,35-36,39-40,42,44-45,48-49,51,53-54,56-63H2,1-3H3/b11-8-,12-9-,20-17-,21-18-,29-26-,30-27-,37-34-,41-38-,46-43-,50-47-,55-52-/t64-/m1/s1. The van der Waals surface area contributed by atoms with E-state index in [9.17, 15) is 14.4 Å². The summed E-state index contributed by atoms with van der Waals surface area (Å²) >= 11 is 0. The molecular formula is C67H108O6. The third-order valence-electron chi connectivity index (χ3n) is 12.2. The lowest BCUT2D eigenvalue weighted by molar-refractivity contribution is -0.166. The van der Waals surface area contributed by atoms with Gasteiger partial charge in [-0.2, -0.15) is 0 Å². The van der Waals surface area contributed by atoms with Gasteiger partial charge in [0, 0.05) is 19.3 Å². The molecule has 0 radical (unpaired) electrons. The number of unbranched alkanes of at least 4 members (excludes halogenated alkanes) is 19. The fourth-order valence-electron chi connectivity index (χ4n) is 7.80. The van der Waals surface area contributed by atoms with Crippen LogP contribution in [0.15, 0.2) is 134 Å². The van der Waals surface area contributed by atoms with E-state index >= 15 is 0 Å². The molecule has 1 atom stereocenters. The number of carbonyl (C=O) groups is 3. The molecule has 0 bridgehead atoms. The Morgan fingerprint density at radius 2 is 0.562 bits per heavy atom. The Hall–Kier alpha value is -4.45. The van der Waals surface area contributed by atoms with Crippen molar-refractivity contribution >= 4 is 17.9 Å². The summed E-state index contributed by atoms with van der Waals surface area (Å²) in [5.41, 5.74) is 0. The molecule has 0 spiro atoms. The van der Waals surface area contributed by atoms with E-state index in [1.807, 2.05) is 12.2 Å². The number of hydrogen-bond donors (Lipinski definition) is 0. The van der Waals surface area contributed by atoms with E-state index in [2.05, 4.69) is 142 Å². The molecule has 0 saturated heterocycles. The maximum Gasteiger partial charge on any atom is 0.306 e. The van der Waals surface area contributed by atoms with Crippen molar-refractivity contribution in [2.24, 2.45) is 0 Å². The molecule has 0 saturated carbocycles. The number of rotatable bonds is 52. The Bertz CT molecular complexity index is 1580. The van der Waals surface area contributed by atoms with Gasteiger partial charge in [0.1, 0.15) is 13.2 Å². The van der Waals surface area contributed by atoms with Crippen molar-refractivity contribution in [3.8, 4) is 0 Å². The quantitative estimate of drug-likeness (QED) is 0.0261. The molecule has 6 nitrogen and oxygen atoms in total. The zero-order chi connectivity index (χ0) is 52.9. The molecule has 0 aliphatic rings. The molecule has 0 N–H and O–H groups in total. The third kappa shape index (κ3) is 58.3. The zero-order valence-corrected chi connectivity index (χ0v) is 47.1. The largest absolute Gasteiger partial charge is 0.462 e. The molecule has 0 rings (SSSR count). The third-order valence-corrected chi connectivity index (χ3v) is 12.2.